The van der Waals surface area contributed by atoms with Crippen LogP contribution in [-0.4, -0.2) is 28.6 Å². The smallest absolute Gasteiger partial charge is 0.207 e. The second kappa shape index (κ2) is 6.86. The van der Waals surface area contributed by atoms with Crippen LogP contribution in [0.25, 0.3) is 5.69 Å². The summed E-state index contributed by atoms with van der Waals surface area (Å²) in [4.78, 5) is 0.109. The lowest BCUT2D eigenvalue weighted by molar-refractivity contribution is 0.578. The number of hydrogen-bond donors (Lipinski definition) is 1. The molecule has 1 heterocycles. The van der Waals surface area contributed by atoms with Crippen LogP contribution >= 0.6 is 23.2 Å². The fraction of sp³-hybridized carbons (Fsp3) is 0.0714. The summed E-state index contributed by atoms with van der Waals surface area (Å²) in [5, 5.41) is 12.3. The minimum absolute atomic E-state index is 0.0689. The van der Waals surface area contributed by atoms with Crippen molar-refractivity contribution in [2.75, 3.05) is 0 Å². The summed E-state index contributed by atoms with van der Waals surface area (Å²) in [6.45, 7) is -0.0689. The zero-order chi connectivity index (χ0) is 17.2. The minimum atomic E-state index is -3.70. The lowest BCUT2D eigenvalue weighted by Gasteiger charge is -2.07. The molecule has 7 nitrogen and oxygen atoms in total. The maximum Gasteiger partial charge on any atom is 0.240 e. The number of halogens is 2. The Morgan fingerprint density at radius 1 is 0.958 bits per heavy atom. The van der Waals surface area contributed by atoms with E-state index in [4.69, 9.17) is 23.2 Å². The monoisotopic (exact) mass is 383 g/mol. The molecule has 0 unspecified atom stereocenters. The van der Waals surface area contributed by atoms with Crippen LogP contribution in [0.15, 0.2) is 53.4 Å². The first-order chi connectivity index (χ1) is 11.5. The van der Waals surface area contributed by atoms with Crippen molar-refractivity contribution >= 4 is 33.2 Å². The molecule has 0 saturated carbocycles. The molecular formula is C14H11Cl2N5O2S. The SMILES string of the molecule is O=S(=O)(NCc1nnnn1-c1ccc(Cl)cc1)c1ccc(Cl)cc1. The Balaban J connectivity index is 1.79. The average Bonchev–Trinajstić information content (AvgIpc) is 3.03. The van der Waals surface area contributed by atoms with Crippen molar-refractivity contribution in [3.8, 4) is 5.69 Å². The predicted molar refractivity (Wildman–Crippen MR) is 89.6 cm³/mol. The normalized spacial score (nSPS) is 11.6. The summed E-state index contributed by atoms with van der Waals surface area (Å²) in [5.74, 6) is 0.342. The Morgan fingerprint density at radius 2 is 1.54 bits per heavy atom. The van der Waals surface area contributed by atoms with E-state index in [1.54, 1.807) is 24.3 Å². The molecule has 1 N–H and O–H groups in total. The van der Waals surface area contributed by atoms with E-state index >= 15 is 0 Å². The molecule has 3 aromatic rings. The number of tetrazole rings is 1. The van der Waals surface area contributed by atoms with Crippen LogP contribution in [0.3, 0.4) is 0 Å². The van der Waals surface area contributed by atoms with Crippen molar-refractivity contribution in [3.63, 3.8) is 0 Å². The van der Waals surface area contributed by atoms with Gasteiger partial charge in [0.2, 0.25) is 10.0 Å². The van der Waals surface area contributed by atoms with Gasteiger partial charge in [0.05, 0.1) is 17.1 Å². The van der Waals surface area contributed by atoms with E-state index < -0.39 is 10.0 Å². The van der Waals surface area contributed by atoms with E-state index in [2.05, 4.69) is 20.2 Å². The zero-order valence-corrected chi connectivity index (χ0v) is 14.4. The van der Waals surface area contributed by atoms with Gasteiger partial charge in [-0.1, -0.05) is 23.2 Å². The third kappa shape index (κ3) is 3.73. The number of nitrogens with zero attached hydrogens (tertiary/aromatic N) is 4. The van der Waals surface area contributed by atoms with Gasteiger partial charge < -0.3 is 0 Å². The summed E-state index contributed by atoms with van der Waals surface area (Å²) >= 11 is 11.6. The fourth-order valence-electron chi connectivity index (χ4n) is 1.96. The topological polar surface area (TPSA) is 89.8 Å². The minimum Gasteiger partial charge on any atom is -0.207 e. The second-order valence-electron chi connectivity index (χ2n) is 4.76. The van der Waals surface area contributed by atoms with Crippen molar-refractivity contribution in [3.05, 3.63) is 64.4 Å². The van der Waals surface area contributed by atoms with E-state index in [1.807, 2.05) is 0 Å². The first-order valence-electron chi connectivity index (χ1n) is 6.74. The first kappa shape index (κ1) is 16.8. The first-order valence-corrected chi connectivity index (χ1v) is 8.98. The quantitative estimate of drug-likeness (QED) is 0.730. The average molecular weight is 384 g/mol. The number of aromatic nitrogens is 4. The van der Waals surface area contributed by atoms with E-state index in [-0.39, 0.29) is 11.4 Å². The van der Waals surface area contributed by atoms with Crippen LogP contribution in [0.5, 0.6) is 0 Å². The fourth-order valence-corrected chi connectivity index (χ4v) is 3.19. The van der Waals surface area contributed by atoms with Gasteiger partial charge in [0.25, 0.3) is 0 Å². The number of nitrogens with one attached hydrogen (secondary N) is 1. The number of benzene rings is 2. The molecule has 0 radical (unpaired) electrons. The van der Waals surface area contributed by atoms with Crippen molar-refractivity contribution in [2.45, 2.75) is 11.4 Å². The third-order valence-corrected chi connectivity index (χ3v) is 5.07. The van der Waals surface area contributed by atoms with Crippen LogP contribution in [0.2, 0.25) is 10.0 Å². The number of hydrogen-bond acceptors (Lipinski definition) is 5. The standard InChI is InChI=1S/C14H11Cl2N5O2S/c15-10-1-5-12(6-2-10)21-14(18-19-20-21)9-17-24(22,23)13-7-3-11(16)4-8-13/h1-8,17H,9H2. The Kier molecular flexibility index (Phi) is 4.81. The van der Waals surface area contributed by atoms with E-state index in [1.165, 1.54) is 28.9 Å². The Hall–Kier alpha value is -2.00. The van der Waals surface area contributed by atoms with Crippen molar-refractivity contribution in [1.82, 2.24) is 24.9 Å². The molecule has 3 rings (SSSR count). The van der Waals surface area contributed by atoms with Crippen LogP contribution in [0.1, 0.15) is 5.82 Å². The number of sulfonamides is 1. The van der Waals surface area contributed by atoms with Gasteiger partial charge in [0.15, 0.2) is 5.82 Å². The van der Waals surface area contributed by atoms with Crippen LogP contribution in [0, 0.1) is 0 Å². The van der Waals surface area contributed by atoms with Gasteiger partial charge in [0, 0.05) is 10.0 Å². The van der Waals surface area contributed by atoms with Crippen molar-refractivity contribution in [1.29, 1.82) is 0 Å². The molecule has 0 bridgehead atoms. The van der Waals surface area contributed by atoms with Gasteiger partial charge in [-0.15, -0.1) is 5.10 Å². The van der Waals surface area contributed by atoms with E-state index in [0.29, 0.717) is 21.6 Å². The Bertz CT molecular complexity index is 940. The molecule has 0 aliphatic heterocycles. The summed E-state index contributed by atoms with van der Waals surface area (Å²) < 4.78 is 28.5. The lowest BCUT2D eigenvalue weighted by Crippen LogP contribution is -2.25. The molecular weight excluding hydrogens is 373 g/mol. The molecule has 124 valence electrons. The highest BCUT2D eigenvalue weighted by molar-refractivity contribution is 7.89. The van der Waals surface area contributed by atoms with E-state index in [0.717, 1.165) is 0 Å². The van der Waals surface area contributed by atoms with Crippen molar-refractivity contribution in [2.24, 2.45) is 0 Å². The van der Waals surface area contributed by atoms with Crippen molar-refractivity contribution < 1.29 is 8.42 Å². The Morgan fingerprint density at radius 3 is 2.17 bits per heavy atom. The summed E-state index contributed by atoms with van der Waals surface area (Å²) in [5.41, 5.74) is 0.671. The molecule has 0 spiro atoms. The predicted octanol–water partition coefficient (Wildman–Crippen LogP) is 2.45. The third-order valence-electron chi connectivity index (χ3n) is 3.15. The molecule has 2 aromatic carbocycles. The Labute approximate surface area is 148 Å². The van der Waals surface area contributed by atoms with Gasteiger partial charge in [-0.3, -0.25) is 0 Å². The molecule has 24 heavy (non-hydrogen) atoms. The lowest BCUT2D eigenvalue weighted by atomic mass is 10.3. The summed E-state index contributed by atoms with van der Waals surface area (Å²) in [6.07, 6.45) is 0. The molecule has 10 heteroatoms. The second-order valence-corrected chi connectivity index (χ2v) is 7.40. The highest BCUT2D eigenvalue weighted by Gasteiger charge is 2.16. The maximum absolute atomic E-state index is 12.3. The number of rotatable bonds is 5. The van der Waals surface area contributed by atoms with Gasteiger partial charge >= 0.3 is 0 Å². The van der Waals surface area contributed by atoms with Gasteiger partial charge in [-0.25, -0.2) is 13.1 Å². The molecule has 0 amide bonds. The molecule has 0 atom stereocenters. The molecule has 0 saturated heterocycles. The summed E-state index contributed by atoms with van der Waals surface area (Å²) in [7, 11) is -3.70. The highest BCUT2D eigenvalue weighted by Crippen LogP contribution is 2.15. The molecule has 1 aromatic heterocycles. The van der Waals surface area contributed by atoms with Crippen LogP contribution < -0.4 is 4.72 Å². The van der Waals surface area contributed by atoms with Gasteiger partial charge in [-0.2, -0.15) is 4.68 Å². The molecule has 0 fully saturated rings. The van der Waals surface area contributed by atoms with E-state index in [9.17, 15) is 8.42 Å². The molecule has 0 aliphatic rings. The van der Waals surface area contributed by atoms with Gasteiger partial charge in [0.1, 0.15) is 0 Å². The molecule has 0 aliphatic carbocycles. The zero-order valence-electron chi connectivity index (χ0n) is 12.1. The highest BCUT2D eigenvalue weighted by atomic mass is 35.5. The van der Waals surface area contributed by atoms with Crippen LogP contribution in [-0.2, 0) is 16.6 Å². The maximum atomic E-state index is 12.3. The van der Waals surface area contributed by atoms with Crippen LogP contribution in [0.4, 0.5) is 0 Å². The summed E-state index contributed by atoms with van der Waals surface area (Å²) in [6, 6.07) is 12.7. The van der Waals surface area contributed by atoms with Gasteiger partial charge in [-0.05, 0) is 59.0 Å². The largest absolute Gasteiger partial charge is 0.240 e.